The molecular formula is C12H16O2. The molecule has 0 bridgehead atoms. The highest BCUT2D eigenvalue weighted by Crippen LogP contribution is 2.27. The highest BCUT2D eigenvalue weighted by atomic mass is 16.5. The van der Waals surface area contributed by atoms with Crippen LogP contribution in [0.25, 0.3) is 11.0 Å². The molecule has 0 spiro atoms. The Bertz CT molecular complexity index is 402. The van der Waals surface area contributed by atoms with E-state index in [4.69, 9.17) is 9.15 Å². The third kappa shape index (κ3) is 1.90. The van der Waals surface area contributed by atoms with Crippen molar-refractivity contribution in [3.63, 3.8) is 0 Å². The van der Waals surface area contributed by atoms with Gasteiger partial charge in [0.2, 0.25) is 0 Å². The summed E-state index contributed by atoms with van der Waals surface area (Å²) in [7, 11) is 1.65. The second kappa shape index (κ2) is 4.70. The first-order chi connectivity index (χ1) is 6.81. The van der Waals surface area contributed by atoms with E-state index in [1.807, 2.05) is 45.0 Å². The fourth-order valence-corrected chi connectivity index (χ4v) is 1.33. The van der Waals surface area contributed by atoms with E-state index in [2.05, 4.69) is 0 Å². The topological polar surface area (TPSA) is 22.4 Å². The van der Waals surface area contributed by atoms with E-state index in [0.29, 0.717) is 0 Å². The molecular weight excluding hydrogens is 176 g/mol. The van der Waals surface area contributed by atoms with Crippen molar-refractivity contribution < 1.29 is 9.15 Å². The number of para-hydroxylation sites is 1. The standard InChI is InChI=1S/C10H10O2.C2H6/c1-7-6-8-4-3-5-9(11-2)10(8)12-7;1-2/h3-6H,1-2H3;1-2H3. The lowest BCUT2D eigenvalue weighted by Crippen LogP contribution is -1.81. The van der Waals surface area contributed by atoms with Crippen LogP contribution in [0.4, 0.5) is 0 Å². The van der Waals surface area contributed by atoms with E-state index in [1.54, 1.807) is 7.11 Å². The van der Waals surface area contributed by atoms with Gasteiger partial charge in [-0.2, -0.15) is 0 Å². The van der Waals surface area contributed by atoms with Gasteiger partial charge in [0.25, 0.3) is 0 Å². The monoisotopic (exact) mass is 192 g/mol. The maximum atomic E-state index is 5.46. The predicted octanol–water partition coefficient (Wildman–Crippen LogP) is 3.78. The van der Waals surface area contributed by atoms with Crippen molar-refractivity contribution in [3.05, 3.63) is 30.0 Å². The summed E-state index contributed by atoms with van der Waals surface area (Å²) < 4.78 is 10.6. The molecule has 2 aromatic rings. The maximum Gasteiger partial charge on any atom is 0.176 e. The molecule has 0 saturated carbocycles. The number of fused-ring (bicyclic) bond motifs is 1. The highest BCUT2D eigenvalue weighted by molar-refractivity contribution is 5.83. The smallest absolute Gasteiger partial charge is 0.176 e. The van der Waals surface area contributed by atoms with Gasteiger partial charge in [-0.3, -0.25) is 0 Å². The molecule has 0 aliphatic heterocycles. The van der Waals surface area contributed by atoms with Gasteiger partial charge >= 0.3 is 0 Å². The number of aryl methyl sites for hydroxylation is 1. The maximum absolute atomic E-state index is 5.46. The van der Waals surface area contributed by atoms with Crippen LogP contribution in [-0.4, -0.2) is 7.11 Å². The summed E-state index contributed by atoms with van der Waals surface area (Å²) in [5.74, 6) is 1.70. The molecule has 2 nitrogen and oxygen atoms in total. The lowest BCUT2D eigenvalue weighted by atomic mass is 10.2. The number of rotatable bonds is 1. The molecule has 0 N–H and O–H groups in total. The zero-order valence-corrected chi connectivity index (χ0v) is 9.13. The number of ether oxygens (including phenoxy) is 1. The van der Waals surface area contributed by atoms with Crippen LogP contribution >= 0.6 is 0 Å². The van der Waals surface area contributed by atoms with Crippen LogP contribution in [-0.2, 0) is 0 Å². The molecule has 0 atom stereocenters. The van der Waals surface area contributed by atoms with Gasteiger partial charge in [-0.15, -0.1) is 0 Å². The van der Waals surface area contributed by atoms with E-state index < -0.39 is 0 Å². The van der Waals surface area contributed by atoms with E-state index in [0.717, 1.165) is 22.5 Å². The SMILES string of the molecule is CC.COc1cccc2cc(C)oc12. The molecule has 0 saturated heterocycles. The number of methoxy groups -OCH3 is 1. The largest absolute Gasteiger partial charge is 0.493 e. The Balaban J connectivity index is 0.000000461. The Morgan fingerprint density at radius 3 is 2.57 bits per heavy atom. The van der Waals surface area contributed by atoms with Crippen molar-refractivity contribution in [2.45, 2.75) is 20.8 Å². The fraction of sp³-hybridized carbons (Fsp3) is 0.333. The van der Waals surface area contributed by atoms with Crippen molar-refractivity contribution in [3.8, 4) is 5.75 Å². The Kier molecular flexibility index (Phi) is 3.57. The molecule has 1 aromatic carbocycles. The van der Waals surface area contributed by atoms with E-state index in [-0.39, 0.29) is 0 Å². The summed E-state index contributed by atoms with van der Waals surface area (Å²) >= 11 is 0. The molecule has 2 heteroatoms. The lowest BCUT2D eigenvalue weighted by Gasteiger charge is -1.97. The number of hydrogen-bond acceptors (Lipinski definition) is 2. The van der Waals surface area contributed by atoms with Crippen molar-refractivity contribution in [1.29, 1.82) is 0 Å². The van der Waals surface area contributed by atoms with Gasteiger partial charge in [0.05, 0.1) is 7.11 Å². The Morgan fingerprint density at radius 2 is 1.93 bits per heavy atom. The average Bonchev–Trinajstić information content (AvgIpc) is 2.60. The first-order valence-corrected chi connectivity index (χ1v) is 4.84. The number of benzene rings is 1. The third-order valence-corrected chi connectivity index (χ3v) is 1.85. The van der Waals surface area contributed by atoms with Crippen molar-refractivity contribution in [2.75, 3.05) is 7.11 Å². The second-order valence-corrected chi connectivity index (χ2v) is 2.74. The zero-order chi connectivity index (χ0) is 10.6. The molecule has 14 heavy (non-hydrogen) atoms. The van der Waals surface area contributed by atoms with E-state index in [1.165, 1.54) is 0 Å². The Hall–Kier alpha value is -1.44. The first kappa shape index (κ1) is 10.6. The zero-order valence-electron chi connectivity index (χ0n) is 9.13. The van der Waals surface area contributed by atoms with E-state index >= 15 is 0 Å². The molecule has 1 aromatic heterocycles. The summed E-state index contributed by atoms with van der Waals surface area (Å²) in [6.07, 6.45) is 0. The predicted molar refractivity (Wildman–Crippen MR) is 58.9 cm³/mol. The van der Waals surface area contributed by atoms with Gasteiger partial charge in [-0.25, -0.2) is 0 Å². The quantitative estimate of drug-likeness (QED) is 0.686. The molecule has 2 rings (SSSR count). The van der Waals surface area contributed by atoms with Crippen LogP contribution in [0.1, 0.15) is 19.6 Å². The Morgan fingerprint density at radius 1 is 1.21 bits per heavy atom. The lowest BCUT2D eigenvalue weighted by molar-refractivity contribution is 0.409. The molecule has 76 valence electrons. The Labute approximate surface area is 84.5 Å². The minimum Gasteiger partial charge on any atom is -0.493 e. The molecule has 0 unspecified atom stereocenters. The minimum absolute atomic E-state index is 0.792. The third-order valence-electron chi connectivity index (χ3n) is 1.85. The van der Waals surface area contributed by atoms with Gasteiger partial charge in [-0.05, 0) is 19.1 Å². The first-order valence-electron chi connectivity index (χ1n) is 4.84. The van der Waals surface area contributed by atoms with Gasteiger partial charge in [0.1, 0.15) is 5.76 Å². The average molecular weight is 192 g/mol. The summed E-state index contributed by atoms with van der Waals surface area (Å²) in [5, 5.41) is 1.09. The van der Waals surface area contributed by atoms with Gasteiger partial charge in [-0.1, -0.05) is 26.0 Å². The minimum atomic E-state index is 0.792. The number of furan rings is 1. The summed E-state index contributed by atoms with van der Waals surface area (Å²) in [4.78, 5) is 0. The molecule has 1 heterocycles. The molecule has 0 amide bonds. The number of hydrogen-bond donors (Lipinski definition) is 0. The van der Waals surface area contributed by atoms with Gasteiger partial charge in [0, 0.05) is 5.39 Å². The van der Waals surface area contributed by atoms with Crippen molar-refractivity contribution in [2.24, 2.45) is 0 Å². The van der Waals surface area contributed by atoms with Crippen LogP contribution in [0, 0.1) is 6.92 Å². The molecule has 0 fully saturated rings. The molecule has 0 aliphatic rings. The highest BCUT2D eigenvalue weighted by Gasteiger charge is 2.04. The van der Waals surface area contributed by atoms with Crippen LogP contribution in [0.3, 0.4) is 0 Å². The summed E-state index contributed by atoms with van der Waals surface area (Å²) in [6.45, 7) is 5.93. The van der Waals surface area contributed by atoms with Gasteiger partial charge < -0.3 is 9.15 Å². The normalized spacial score (nSPS) is 9.43. The molecule has 0 radical (unpaired) electrons. The van der Waals surface area contributed by atoms with Crippen molar-refractivity contribution in [1.82, 2.24) is 0 Å². The van der Waals surface area contributed by atoms with Gasteiger partial charge in [0.15, 0.2) is 11.3 Å². The van der Waals surface area contributed by atoms with Crippen molar-refractivity contribution >= 4 is 11.0 Å². The summed E-state index contributed by atoms with van der Waals surface area (Å²) in [6, 6.07) is 7.85. The van der Waals surface area contributed by atoms with E-state index in [9.17, 15) is 0 Å². The van der Waals surface area contributed by atoms with Crippen LogP contribution in [0.2, 0.25) is 0 Å². The van der Waals surface area contributed by atoms with Crippen LogP contribution in [0.5, 0.6) is 5.75 Å². The fourth-order valence-electron chi connectivity index (χ4n) is 1.33. The second-order valence-electron chi connectivity index (χ2n) is 2.74. The molecule has 0 aliphatic carbocycles. The van der Waals surface area contributed by atoms with Crippen LogP contribution < -0.4 is 4.74 Å². The van der Waals surface area contributed by atoms with Crippen LogP contribution in [0.15, 0.2) is 28.7 Å². The summed E-state index contributed by atoms with van der Waals surface area (Å²) in [5.41, 5.74) is 0.831.